The third-order valence-electron chi connectivity index (χ3n) is 6.94. The molecular formula is C32H37CoN3O4. The minimum atomic E-state index is -0.421. The van der Waals surface area contributed by atoms with E-state index < -0.39 is 5.41 Å². The van der Waals surface area contributed by atoms with Crippen LogP contribution in [-0.2, 0) is 28.6 Å². The molecule has 1 aliphatic rings. The fourth-order valence-electron chi connectivity index (χ4n) is 5.13. The number of hydrogen-bond donors (Lipinski definition) is 1. The molecule has 0 bridgehead atoms. The van der Waals surface area contributed by atoms with Crippen LogP contribution in [0, 0.1) is 0 Å². The van der Waals surface area contributed by atoms with E-state index in [4.69, 9.17) is 14.2 Å². The molecule has 0 fully saturated rings. The summed E-state index contributed by atoms with van der Waals surface area (Å²) < 4.78 is 17.4. The van der Waals surface area contributed by atoms with Crippen LogP contribution in [-0.4, -0.2) is 44.1 Å². The van der Waals surface area contributed by atoms with Crippen LogP contribution < -0.4 is 19.1 Å². The van der Waals surface area contributed by atoms with E-state index in [1.54, 1.807) is 25.5 Å². The van der Waals surface area contributed by atoms with Gasteiger partial charge in [0.2, 0.25) is 5.90 Å². The smallest absolute Gasteiger partial charge is 0.238 e. The third kappa shape index (κ3) is 6.51. The van der Waals surface area contributed by atoms with Crippen LogP contribution in [0.5, 0.6) is 17.2 Å². The van der Waals surface area contributed by atoms with Crippen molar-refractivity contribution in [2.24, 2.45) is 10.2 Å². The molecule has 0 aliphatic carbocycles. The number of rotatable bonds is 11. The first kappa shape index (κ1) is 30.8. The summed E-state index contributed by atoms with van der Waals surface area (Å²) in [4.78, 5) is 2.29. The van der Waals surface area contributed by atoms with Crippen LogP contribution in [0.25, 0.3) is 0 Å². The summed E-state index contributed by atoms with van der Waals surface area (Å²) in [6.45, 7) is 10.2. The number of fused-ring (bicyclic) bond motifs is 1. The molecule has 1 atom stereocenters. The average Bonchev–Trinajstić information content (AvgIpc) is 3.19. The molecule has 3 aromatic rings. The maximum atomic E-state index is 10.3. The largest absolute Gasteiger partial charge is 0.497 e. The van der Waals surface area contributed by atoms with Crippen molar-refractivity contribution < 1.29 is 36.1 Å². The Morgan fingerprint density at radius 3 is 2.35 bits per heavy atom. The Balaban J connectivity index is 0.00000441. The molecule has 1 N–H and O–H groups in total. The van der Waals surface area contributed by atoms with Gasteiger partial charge in [-0.1, -0.05) is 24.3 Å². The summed E-state index contributed by atoms with van der Waals surface area (Å²) >= 11 is 0. The van der Waals surface area contributed by atoms with Gasteiger partial charge in [0.25, 0.3) is 0 Å². The molecule has 4 rings (SSSR count). The van der Waals surface area contributed by atoms with E-state index in [2.05, 4.69) is 47.1 Å². The van der Waals surface area contributed by atoms with Gasteiger partial charge >= 0.3 is 0 Å². The zero-order valence-corrected chi connectivity index (χ0v) is 24.7. The normalized spacial score (nSPS) is 17.6. The first-order valence-corrected chi connectivity index (χ1v) is 13.4. The van der Waals surface area contributed by atoms with Crippen molar-refractivity contribution in [1.82, 2.24) is 0 Å². The minimum Gasteiger partial charge on any atom is -0.497 e. The Morgan fingerprint density at radius 1 is 0.950 bits per heavy atom. The molecule has 1 aliphatic heterocycles. The molecule has 40 heavy (non-hydrogen) atoms. The van der Waals surface area contributed by atoms with Gasteiger partial charge in [0.1, 0.15) is 17.2 Å². The summed E-state index contributed by atoms with van der Waals surface area (Å²) in [6, 6.07) is 21.4. The maximum Gasteiger partial charge on any atom is 0.238 e. The maximum absolute atomic E-state index is 10.3. The Hall–Kier alpha value is -3.75. The molecule has 8 heteroatoms. The monoisotopic (exact) mass is 586 g/mol. The van der Waals surface area contributed by atoms with Crippen molar-refractivity contribution in [3.63, 3.8) is 0 Å². The van der Waals surface area contributed by atoms with Gasteiger partial charge in [0, 0.05) is 51.8 Å². The standard InChI is InChI=1S/C32H37N3O4.Co/c1-6-35-28-17-16-25(37-5)20-27(28)32(4,22-24-14-15-26(38-7-2)21-29(24)39-8-3)30(35)18-19-33-34-31(36)23-12-10-9-11-13-23;/h9-21H,6-8,22H2,1-5H3,(H,34,36);/b30-18-,33-19+;. The molecule has 0 saturated carbocycles. The fraction of sp³-hybridized carbons (Fsp3) is 0.312. The molecule has 1 unspecified atom stereocenters. The van der Waals surface area contributed by atoms with Gasteiger partial charge in [0.05, 0.1) is 26.5 Å². The van der Waals surface area contributed by atoms with E-state index in [1.807, 2.05) is 56.3 Å². The number of methoxy groups -OCH3 is 1. The number of likely N-dealkylation sites (N-methyl/N-ethyl adjacent to an activating group) is 1. The number of ether oxygens (including phenoxy) is 3. The van der Waals surface area contributed by atoms with Gasteiger partial charge in [-0.3, -0.25) is 0 Å². The number of anilines is 1. The van der Waals surface area contributed by atoms with Gasteiger partial charge in [-0.2, -0.15) is 5.10 Å². The van der Waals surface area contributed by atoms with Gasteiger partial charge in [0.15, 0.2) is 0 Å². The summed E-state index contributed by atoms with van der Waals surface area (Å²) in [7, 11) is 1.69. The number of benzene rings is 3. The van der Waals surface area contributed by atoms with Crippen LogP contribution in [0.4, 0.5) is 5.69 Å². The fourth-order valence-corrected chi connectivity index (χ4v) is 5.13. The van der Waals surface area contributed by atoms with E-state index in [1.165, 1.54) is 0 Å². The second-order valence-corrected chi connectivity index (χ2v) is 9.38. The molecule has 0 amide bonds. The van der Waals surface area contributed by atoms with Crippen molar-refractivity contribution in [3.8, 4) is 17.2 Å². The zero-order valence-electron chi connectivity index (χ0n) is 23.7. The Bertz CT molecular complexity index is 1370. The predicted molar refractivity (Wildman–Crippen MR) is 158 cm³/mol. The van der Waals surface area contributed by atoms with Gasteiger partial charge in [-0.25, -0.2) is 0 Å². The van der Waals surface area contributed by atoms with Gasteiger partial charge < -0.3 is 24.2 Å². The molecule has 213 valence electrons. The van der Waals surface area contributed by atoms with E-state index in [0.717, 1.165) is 46.3 Å². The number of hydrogen-bond acceptors (Lipinski definition) is 6. The van der Waals surface area contributed by atoms with Gasteiger partial charge in [-0.15, -0.1) is 5.10 Å². The second kappa shape index (κ2) is 14.0. The third-order valence-corrected chi connectivity index (χ3v) is 6.94. The topological polar surface area (TPSA) is 75.9 Å². The summed E-state index contributed by atoms with van der Waals surface area (Å²) in [5.41, 5.74) is 4.63. The number of allylic oxidation sites excluding steroid dienone is 2. The van der Waals surface area contributed by atoms with Crippen molar-refractivity contribution in [2.45, 2.75) is 39.5 Å². The van der Waals surface area contributed by atoms with Crippen LogP contribution in [0.1, 0.15) is 44.4 Å². The second-order valence-electron chi connectivity index (χ2n) is 9.38. The summed E-state index contributed by atoms with van der Waals surface area (Å²) in [6.07, 6.45) is 4.30. The van der Waals surface area contributed by atoms with Crippen LogP contribution in [0.2, 0.25) is 0 Å². The molecule has 0 aromatic heterocycles. The Labute approximate surface area is 247 Å². The number of aliphatic hydroxyl groups excluding tert-OH is 1. The molecule has 1 radical (unpaired) electrons. The molecule has 0 saturated heterocycles. The van der Waals surface area contributed by atoms with Crippen LogP contribution >= 0.6 is 0 Å². The van der Waals surface area contributed by atoms with Crippen molar-refractivity contribution in [2.75, 3.05) is 31.8 Å². The first-order valence-electron chi connectivity index (χ1n) is 13.4. The van der Waals surface area contributed by atoms with Crippen molar-refractivity contribution in [3.05, 3.63) is 95.2 Å². The number of aliphatic hydroxyl groups is 1. The molecule has 1 heterocycles. The van der Waals surface area contributed by atoms with Crippen LogP contribution in [0.3, 0.4) is 0 Å². The average molecular weight is 587 g/mol. The SMILES string of the molecule is CCOc1ccc(CC2(C)/C(=C/C=N/N=C(\O)c3ccccc3)N(CC)c3ccc(OC)cc32)c(OCC)c1.[Co]. The number of nitrogens with zero attached hydrogens (tertiary/aromatic N) is 3. The molecule has 7 nitrogen and oxygen atoms in total. The first-order chi connectivity index (χ1) is 18.9. The van der Waals surface area contributed by atoms with Crippen molar-refractivity contribution in [1.29, 1.82) is 0 Å². The Kier molecular flexibility index (Phi) is 10.8. The molecule has 0 spiro atoms. The van der Waals surface area contributed by atoms with Gasteiger partial charge in [-0.05, 0) is 87.7 Å². The van der Waals surface area contributed by atoms with E-state index >= 15 is 0 Å². The zero-order chi connectivity index (χ0) is 27.8. The van der Waals surface area contributed by atoms with E-state index in [0.29, 0.717) is 25.2 Å². The Morgan fingerprint density at radius 2 is 1.68 bits per heavy atom. The summed E-state index contributed by atoms with van der Waals surface area (Å²) in [5.74, 6) is 2.28. The summed E-state index contributed by atoms with van der Waals surface area (Å²) in [5, 5.41) is 18.5. The van der Waals surface area contributed by atoms with E-state index in [9.17, 15) is 5.11 Å². The van der Waals surface area contributed by atoms with Crippen LogP contribution in [0.15, 0.2) is 88.7 Å². The quantitative estimate of drug-likeness (QED) is 0.154. The van der Waals surface area contributed by atoms with Crippen molar-refractivity contribution >= 4 is 17.8 Å². The minimum absolute atomic E-state index is 0. The van der Waals surface area contributed by atoms with E-state index in [-0.39, 0.29) is 22.7 Å². The molecular weight excluding hydrogens is 549 g/mol. The molecule has 3 aromatic carbocycles. The predicted octanol–water partition coefficient (Wildman–Crippen LogP) is 6.70.